The molecule has 0 aliphatic carbocycles. The van der Waals surface area contributed by atoms with Crippen LogP contribution in [-0.2, 0) is 13.0 Å². The summed E-state index contributed by atoms with van der Waals surface area (Å²) in [7, 11) is 0. The first-order valence-electron chi connectivity index (χ1n) is 8.84. The Balaban J connectivity index is 1.93. The van der Waals surface area contributed by atoms with Gasteiger partial charge in [0.15, 0.2) is 0 Å². The lowest BCUT2D eigenvalue weighted by atomic mass is 10.0. The van der Waals surface area contributed by atoms with Crippen molar-refractivity contribution in [2.45, 2.75) is 46.7 Å². The Labute approximate surface area is 158 Å². The standard InChI is InChI=1S/C20H25N3O2S/c1-11(2)23-6-5-15-16(10-23)26-20(17(15)18(21)24)22-19(25)14-8-12(3)7-13(4)9-14/h7-9,11H,5-6,10H2,1-4H3,(H2,21,24)(H,22,25). The van der Waals surface area contributed by atoms with Gasteiger partial charge in [0, 0.05) is 29.6 Å². The van der Waals surface area contributed by atoms with Gasteiger partial charge in [-0.3, -0.25) is 14.5 Å². The number of nitrogens with zero attached hydrogens (tertiary/aromatic N) is 1. The minimum atomic E-state index is -0.476. The van der Waals surface area contributed by atoms with Crippen LogP contribution in [0.4, 0.5) is 5.00 Å². The second-order valence-corrected chi connectivity index (χ2v) is 8.32. The normalized spacial score (nSPS) is 14.3. The summed E-state index contributed by atoms with van der Waals surface area (Å²) in [6, 6.07) is 6.16. The summed E-state index contributed by atoms with van der Waals surface area (Å²) in [6.07, 6.45) is 0.779. The summed E-state index contributed by atoms with van der Waals surface area (Å²) in [4.78, 5) is 28.3. The number of hydrogen-bond donors (Lipinski definition) is 2. The maximum atomic E-state index is 12.7. The molecule has 1 aliphatic rings. The Hall–Kier alpha value is -2.18. The van der Waals surface area contributed by atoms with Gasteiger partial charge in [-0.2, -0.15) is 0 Å². The fourth-order valence-electron chi connectivity index (χ4n) is 3.49. The number of carbonyl (C=O) groups is 2. The highest BCUT2D eigenvalue weighted by molar-refractivity contribution is 7.17. The lowest BCUT2D eigenvalue weighted by Gasteiger charge is -2.30. The summed E-state index contributed by atoms with van der Waals surface area (Å²) in [5.41, 5.74) is 9.77. The van der Waals surface area contributed by atoms with Crippen molar-refractivity contribution in [1.82, 2.24) is 4.90 Å². The van der Waals surface area contributed by atoms with E-state index in [1.807, 2.05) is 32.0 Å². The number of nitrogens with one attached hydrogen (secondary N) is 1. The van der Waals surface area contributed by atoms with Crippen LogP contribution in [0, 0.1) is 13.8 Å². The van der Waals surface area contributed by atoms with E-state index in [-0.39, 0.29) is 5.91 Å². The number of rotatable bonds is 4. The fraction of sp³-hybridized carbons (Fsp3) is 0.400. The Morgan fingerprint density at radius 3 is 2.42 bits per heavy atom. The molecule has 0 radical (unpaired) electrons. The fourth-order valence-corrected chi connectivity index (χ4v) is 4.77. The van der Waals surface area contributed by atoms with Crippen molar-refractivity contribution < 1.29 is 9.59 Å². The molecule has 1 aliphatic heterocycles. The molecular formula is C20H25N3O2S. The second-order valence-electron chi connectivity index (χ2n) is 7.22. The van der Waals surface area contributed by atoms with Gasteiger partial charge in [-0.25, -0.2) is 0 Å². The van der Waals surface area contributed by atoms with Crippen LogP contribution < -0.4 is 11.1 Å². The molecule has 1 aromatic carbocycles. The largest absolute Gasteiger partial charge is 0.365 e. The average molecular weight is 372 g/mol. The molecule has 0 saturated carbocycles. The first kappa shape index (κ1) is 18.6. The lowest BCUT2D eigenvalue weighted by Crippen LogP contribution is -2.35. The molecule has 0 spiro atoms. The summed E-state index contributed by atoms with van der Waals surface area (Å²) in [6.45, 7) is 9.93. The molecule has 1 aromatic heterocycles. The SMILES string of the molecule is Cc1cc(C)cc(C(=O)Nc2sc3c(c2C(N)=O)CCN(C(C)C)C3)c1. The Morgan fingerprint density at radius 1 is 1.19 bits per heavy atom. The molecule has 3 N–H and O–H groups in total. The topological polar surface area (TPSA) is 75.4 Å². The van der Waals surface area contributed by atoms with Gasteiger partial charge in [0.05, 0.1) is 5.56 Å². The highest BCUT2D eigenvalue weighted by atomic mass is 32.1. The summed E-state index contributed by atoms with van der Waals surface area (Å²) in [5, 5.41) is 3.49. The van der Waals surface area contributed by atoms with Crippen LogP contribution >= 0.6 is 11.3 Å². The van der Waals surface area contributed by atoms with E-state index in [0.29, 0.717) is 22.2 Å². The molecule has 6 heteroatoms. The van der Waals surface area contributed by atoms with Gasteiger partial charge < -0.3 is 11.1 Å². The van der Waals surface area contributed by atoms with Crippen molar-refractivity contribution in [3.63, 3.8) is 0 Å². The lowest BCUT2D eigenvalue weighted by molar-refractivity contribution is 0.0999. The Kier molecular flexibility index (Phi) is 5.16. The van der Waals surface area contributed by atoms with Crippen molar-refractivity contribution in [3.05, 3.63) is 50.9 Å². The Morgan fingerprint density at radius 2 is 1.85 bits per heavy atom. The number of primary amides is 1. The van der Waals surface area contributed by atoms with E-state index in [2.05, 4.69) is 24.1 Å². The molecule has 0 unspecified atom stereocenters. The highest BCUT2D eigenvalue weighted by Crippen LogP contribution is 2.37. The highest BCUT2D eigenvalue weighted by Gasteiger charge is 2.28. The van der Waals surface area contributed by atoms with Gasteiger partial charge in [0.2, 0.25) is 0 Å². The van der Waals surface area contributed by atoms with Crippen molar-refractivity contribution in [3.8, 4) is 0 Å². The molecule has 0 atom stereocenters. The smallest absolute Gasteiger partial charge is 0.256 e. The van der Waals surface area contributed by atoms with Crippen LogP contribution in [0.5, 0.6) is 0 Å². The molecule has 138 valence electrons. The van der Waals surface area contributed by atoms with Gasteiger partial charge in [-0.1, -0.05) is 17.2 Å². The predicted octanol–water partition coefficient (Wildman–Crippen LogP) is 3.48. The van der Waals surface area contributed by atoms with E-state index in [4.69, 9.17) is 5.73 Å². The molecule has 2 aromatic rings. The van der Waals surface area contributed by atoms with Crippen LogP contribution in [0.2, 0.25) is 0 Å². The third-order valence-electron chi connectivity index (χ3n) is 4.77. The molecule has 2 amide bonds. The van der Waals surface area contributed by atoms with Crippen molar-refractivity contribution in [2.24, 2.45) is 5.73 Å². The molecule has 0 bridgehead atoms. The van der Waals surface area contributed by atoms with Gasteiger partial charge in [0.25, 0.3) is 11.8 Å². The van der Waals surface area contributed by atoms with Gasteiger partial charge in [0.1, 0.15) is 5.00 Å². The zero-order valence-corrected chi connectivity index (χ0v) is 16.5. The molecule has 5 nitrogen and oxygen atoms in total. The van der Waals surface area contributed by atoms with Crippen LogP contribution in [0.15, 0.2) is 18.2 Å². The van der Waals surface area contributed by atoms with E-state index >= 15 is 0 Å². The van der Waals surface area contributed by atoms with E-state index in [1.54, 1.807) is 0 Å². The number of hydrogen-bond acceptors (Lipinski definition) is 4. The van der Waals surface area contributed by atoms with E-state index in [9.17, 15) is 9.59 Å². The molecule has 0 fully saturated rings. The number of fused-ring (bicyclic) bond motifs is 1. The quantitative estimate of drug-likeness (QED) is 0.864. The maximum Gasteiger partial charge on any atom is 0.256 e. The first-order chi connectivity index (χ1) is 12.3. The number of carbonyl (C=O) groups excluding carboxylic acids is 2. The van der Waals surface area contributed by atoms with Crippen LogP contribution in [0.1, 0.15) is 56.1 Å². The molecule has 3 rings (SSSR count). The van der Waals surface area contributed by atoms with E-state index < -0.39 is 5.91 Å². The Bertz CT molecular complexity index is 850. The third-order valence-corrected chi connectivity index (χ3v) is 5.91. The van der Waals surface area contributed by atoms with Crippen molar-refractivity contribution in [2.75, 3.05) is 11.9 Å². The summed E-state index contributed by atoms with van der Waals surface area (Å²) >= 11 is 1.47. The van der Waals surface area contributed by atoms with Gasteiger partial charge >= 0.3 is 0 Å². The average Bonchev–Trinajstić information content (AvgIpc) is 2.90. The van der Waals surface area contributed by atoms with E-state index in [0.717, 1.165) is 41.1 Å². The first-order valence-corrected chi connectivity index (χ1v) is 9.66. The predicted molar refractivity (Wildman–Crippen MR) is 106 cm³/mol. The molecule has 0 saturated heterocycles. The number of benzene rings is 1. The van der Waals surface area contributed by atoms with Crippen LogP contribution in [0.3, 0.4) is 0 Å². The number of thiophene rings is 1. The second kappa shape index (κ2) is 7.21. The third kappa shape index (κ3) is 3.66. The van der Waals surface area contributed by atoms with Crippen LogP contribution in [-0.4, -0.2) is 29.3 Å². The minimum absolute atomic E-state index is 0.210. The number of nitrogens with two attached hydrogens (primary N) is 1. The summed E-state index contributed by atoms with van der Waals surface area (Å²) in [5.74, 6) is -0.685. The zero-order valence-electron chi connectivity index (χ0n) is 15.7. The minimum Gasteiger partial charge on any atom is -0.365 e. The van der Waals surface area contributed by atoms with E-state index in [1.165, 1.54) is 11.3 Å². The zero-order chi connectivity index (χ0) is 19.0. The molecular weight excluding hydrogens is 346 g/mol. The maximum absolute atomic E-state index is 12.7. The van der Waals surface area contributed by atoms with Gasteiger partial charge in [-0.15, -0.1) is 11.3 Å². The number of aryl methyl sites for hydroxylation is 2. The number of anilines is 1. The molecule has 26 heavy (non-hydrogen) atoms. The van der Waals surface area contributed by atoms with Gasteiger partial charge in [-0.05, 0) is 51.8 Å². The monoisotopic (exact) mass is 371 g/mol. The number of amides is 2. The summed E-state index contributed by atoms with van der Waals surface area (Å²) < 4.78 is 0. The van der Waals surface area contributed by atoms with Crippen molar-refractivity contribution in [1.29, 1.82) is 0 Å². The van der Waals surface area contributed by atoms with Crippen LogP contribution in [0.25, 0.3) is 0 Å². The molecule has 2 heterocycles. The van der Waals surface area contributed by atoms with Crippen molar-refractivity contribution >= 4 is 28.2 Å².